The first-order chi connectivity index (χ1) is 9.08. The second-order valence-electron chi connectivity index (χ2n) is 4.60. The molecule has 3 nitrogen and oxygen atoms in total. The number of anilines is 1. The van der Waals surface area contributed by atoms with Gasteiger partial charge in [-0.25, -0.2) is 4.79 Å². The Bertz CT molecular complexity index is 534. The predicted molar refractivity (Wildman–Crippen MR) is 80.7 cm³/mol. The first-order valence-electron chi connectivity index (χ1n) is 6.22. The van der Waals surface area contributed by atoms with E-state index >= 15 is 0 Å². The Morgan fingerprint density at radius 1 is 1.26 bits per heavy atom. The van der Waals surface area contributed by atoms with Crippen molar-refractivity contribution < 1.29 is 4.79 Å². The van der Waals surface area contributed by atoms with Crippen molar-refractivity contribution in [3.63, 3.8) is 0 Å². The average molecular weight is 274 g/mol. The molecular weight excluding hydrogens is 256 g/mol. The molecule has 0 radical (unpaired) electrons. The number of carbonyl (C=O) groups is 1. The van der Waals surface area contributed by atoms with Gasteiger partial charge in [0, 0.05) is 17.6 Å². The Balaban J connectivity index is 2.01. The zero-order valence-electron chi connectivity index (χ0n) is 11.4. The Labute approximate surface area is 117 Å². The van der Waals surface area contributed by atoms with Crippen molar-refractivity contribution in [2.45, 2.75) is 19.9 Å². The molecule has 0 aliphatic heterocycles. The summed E-state index contributed by atoms with van der Waals surface area (Å²) in [7, 11) is 1.81. The van der Waals surface area contributed by atoms with Gasteiger partial charge in [-0.1, -0.05) is 23.8 Å². The number of amides is 2. The summed E-state index contributed by atoms with van der Waals surface area (Å²) < 4.78 is 0. The molecule has 0 bridgehead atoms. The third-order valence-corrected chi connectivity index (χ3v) is 4.20. The fourth-order valence-corrected chi connectivity index (χ4v) is 2.57. The molecule has 1 heterocycles. The third kappa shape index (κ3) is 3.35. The van der Waals surface area contributed by atoms with Gasteiger partial charge in [0.25, 0.3) is 0 Å². The Kier molecular flexibility index (Phi) is 4.22. The summed E-state index contributed by atoms with van der Waals surface area (Å²) in [5.74, 6) is 0. The number of aryl methyl sites for hydroxylation is 1. The lowest BCUT2D eigenvalue weighted by molar-refractivity contribution is 0.209. The van der Waals surface area contributed by atoms with Crippen LogP contribution in [-0.4, -0.2) is 18.0 Å². The van der Waals surface area contributed by atoms with Crippen LogP contribution in [0, 0.1) is 6.92 Å². The molecule has 0 spiro atoms. The smallest absolute Gasteiger partial charge is 0.320 e. The number of nitrogens with zero attached hydrogens (tertiary/aromatic N) is 1. The van der Waals surface area contributed by atoms with E-state index in [1.54, 1.807) is 16.2 Å². The molecule has 0 saturated carbocycles. The summed E-state index contributed by atoms with van der Waals surface area (Å²) in [5, 5.41) is 4.93. The number of benzene rings is 1. The first-order valence-corrected chi connectivity index (χ1v) is 7.10. The molecule has 2 aromatic rings. The molecule has 2 amide bonds. The molecular formula is C15H18N2OS. The number of nitrogens with one attached hydrogen (secondary N) is 1. The highest BCUT2D eigenvalue weighted by molar-refractivity contribution is 7.10. The molecule has 1 atom stereocenters. The van der Waals surface area contributed by atoms with Crippen LogP contribution < -0.4 is 5.32 Å². The SMILES string of the molecule is Cc1ccc(NC(=O)N(C)C(C)c2cccs2)cc1. The standard InChI is InChI=1S/C15H18N2OS/c1-11-6-8-13(9-7-11)16-15(18)17(3)12(2)14-5-4-10-19-14/h4-10,12H,1-3H3,(H,16,18). The molecule has 1 aromatic carbocycles. The quantitative estimate of drug-likeness (QED) is 0.890. The number of thiophene rings is 1. The van der Waals surface area contributed by atoms with Gasteiger partial charge in [-0.15, -0.1) is 11.3 Å². The van der Waals surface area contributed by atoms with Gasteiger partial charge in [0.15, 0.2) is 0 Å². The van der Waals surface area contributed by atoms with Crippen molar-refractivity contribution in [3.8, 4) is 0 Å². The monoisotopic (exact) mass is 274 g/mol. The van der Waals surface area contributed by atoms with Gasteiger partial charge >= 0.3 is 6.03 Å². The summed E-state index contributed by atoms with van der Waals surface area (Å²) >= 11 is 1.66. The molecule has 0 saturated heterocycles. The van der Waals surface area contributed by atoms with Crippen LogP contribution in [0.2, 0.25) is 0 Å². The van der Waals surface area contributed by atoms with Crippen LogP contribution in [-0.2, 0) is 0 Å². The molecule has 2 rings (SSSR count). The van der Waals surface area contributed by atoms with E-state index in [2.05, 4.69) is 5.32 Å². The van der Waals surface area contributed by atoms with Crippen molar-refractivity contribution in [2.75, 3.05) is 12.4 Å². The Morgan fingerprint density at radius 3 is 2.53 bits per heavy atom. The van der Waals surface area contributed by atoms with Crippen LogP contribution >= 0.6 is 11.3 Å². The summed E-state index contributed by atoms with van der Waals surface area (Å²) in [6, 6.07) is 11.8. The lowest BCUT2D eigenvalue weighted by Crippen LogP contribution is -2.33. The van der Waals surface area contributed by atoms with Crippen LogP contribution in [0.5, 0.6) is 0 Å². The van der Waals surface area contributed by atoms with Gasteiger partial charge in [-0.05, 0) is 37.4 Å². The number of carbonyl (C=O) groups excluding carboxylic acids is 1. The van der Waals surface area contributed by atoms with E-state index in [1.165, 1.54) is 10.4 Å². The number of hydrogen-bond donors (Lipinski definition) is 1. The molecule has 19 heavy (non-hydrogen) atoms. The van der Waals surface area contributed by atoms with Crippen LogP contribution in [0.15, 0.2) is 41.8 Å². The number of urea groups is 1. The van der Waals surface area contributed by atoms with E-state index in [1.807, 2.05) is 62.7 Å². The minimum absolute atomic E-state index is 0.0745. The van der Waals surface area contributed by atoms with Gasteiger partial charge in [0.1, 0.15) is 0 Å². The Morgan fingerprint density at radius 2 is 1.95 bits per heavy atom. The third-order valence-electron chi connectivity index (χ3n) is 3.16. The van der Waals surface area contributed by atoms with E-state index < -0.39 is 0 Å². The second-order valence-corrected chi connectivity index (χ2v) is 5.58. The van der Waals surface area contributed by atoms with Crippen LogP contribution in [0.4, 0.5) is 10.5 Å². The van der Waals surface area contributed by atoms with E-state index in [9.17, 15) is 4.79 Å². The molecule has 100 valence electrons. The maximum atomic E-state index is 12.2. The maximum absolute atomic E-state index is 12.2. The summed E-state index contributed by atoms with van der Waals surface area (Å²) in [5.41, 5.74) is 2.00. The van der Waals surface area contributed by atoms with Crippen LogP contribution in [0.25, 0.3) is 0 Å². The van der Waals surface area contributed by atoms with Crippen molar-refractivity contribution in [3.05, 3.63) is 52.2 Å². The highest BCUT2D eigenvalue weighted by Crippen LogP contribution is 2.24. The first kappa shape index (κ1) is 13.6. The maximum Gasteiger partial charge on any atom is 0.322 e. The molecule has 1 unspecified atom stereocenters. The number of hydrogen-bond acceptors (Lipinski definition) is 2. The average Bonchev–Trinajstić information content (AvgIpc) is 2.93. The van der Waals surface area contributed by atoms with Crippen molar-refractivity contribution in [1.82, 2.24) is 4.90 Å². The molecule has 0 aliphatic carbocycles. The second kappa shape index (κ2) is 5.89. The minimum Gasteiger partial charge on any atom is -0.320 e. The van der Waals surface area contributed by atoms with Gasteiger partial charge < -0.3 is 10.2 Å². The van der Waals surface area contributed by atoms with Gasteiger partial charge in [-0.2, -0.15) is 0 Å². The van der Waals surface area contributed by atoms with E-state index in [0.29, 0.717) is 0 Å². The van der Waals surface area contributed by atoms with Gasteiger partial charge in [0.2, 0.25) is 0 Å². The van der Waals surface area contributed by atoms with E-state index in [4.69, 9.17) is 0 Å². The highest BCUT2D eigenvalue weighted by Gasteiger charge is 2.17. The zero-order valence-corrected chi connectivity index (χ0v) is 12.2. The fraction of sp³-hybridized carbons (Fsp3) is 0.267. The summed E-state index contributed by atoms with van der Waals surface area (Å²) in [4.78, 5) is 15.0. The highest BCUT2D eigenvalue weighted by atomic mass is 32.1. The fourth-order valence-electron chi connectivity index (χ4n) is 1.74. The van der Waals surface area contributed by atoms with Crippen molar-refractivity contribution >= 4 is 23.1 Å². The van der Waals surface area contributed by atoms with Crippen molar-refractivity contribution in [1.29, 1.82) is 0 Å². The van der Waals surface area contributed by atoms with E-state index in [-0.39, 0.29) is 12.1 Å². The molecule has 0 aliphatic rings. The van der Waals surface area contributed by atoms with Gasteiger partial charge in [0.05, 0.1) is 6.04 Å². The normalized spacial score (nSPS) is 11.9. The summed E-state index contributed by atoms with van der Waals surface area (Å²) in [6.07, 6.45) is 0. The summed E-state index contributed by atoms with van der Waals surface area (Å²) in [6.45, 7) is 4.05. The number of rotatable bonds is 3. The van der Waals surface area contributed by atoms with E-state index in [0.717, 1.165) is 5.69 Å². The topological polar surface area (TPSA) is 32.3 Å². The minimum atomic E-state index is -0.0928. The zero-order chi connectivity index (χ0) is 13.8. The molecule has 4 heteroatoms. The predicted octanol–water partition coefficient (Wildman–Crippen LogP) is 4.28. The van der Waals surface area contributed by atoms with Gasteiger partial charge in [-0.3, -0.25) is 0 Å². The molecule has 1 aromatic heterocycles. The molecule has 1 N–H and O–H groups in total. The largest absolute Gasteiger partial charge is 0.322 e. The van der Waals surface area contributed by atoms with Crippen molar-refractivity contribution in [2.24, 2.45) is 0 Å². The lowest BCUT2D eigenvalue weighted by atomic mass is 10.2. The Hall–Kier alpha value is -1.81. The lowest BCUT2D eigenvalue weighted by Gasteiger charge is -2.24. The van der Waals surface area contributed by atoms with Crippen LogP contribution in [0.1, 0.15) is 23.4 Å². The van der Waals surface area contributed by atoms with Crippen LogP contribution in [0.3, 0.4) is 0 Å². The molecule has 0 fully saturated rings.